The van der Waals surface area contributed by atoms with E-state index in [-0.39, 0.29) is 18.7 Å². The van der Waals surface area contributed by atoms with Gasteiger partial charge in [-0.05, 0) is 6.08 Å². The van der Waals surface area contributed by atoms with Gasteiger partial charge in [0.1, 0.15) is 18.8 Å². The molecule has 1 heterocycles. The van der Waals surface area contributed by atoms with Gasteiger partial charge in [0.25, 0.3) is 0 Å². The minimum atomic E-state index is -0.540. The molecule has 0 N–H and O–H groups in total. The molecule has 0 fully saturated rings. The summed E-state index contributed by atoms with van der Waals surface area (Å²) in [6, 6.07) is 0. The Balaban J connectivity index is 2.60. The molecule has 0 radical (unpaired) electrons. The molecule has 18 heavy (non-hydrogen) atoms. The first-order valence-corrected chi connectivity index (χ1v) is 5.49. The van der Waals surface area contributed by atoms with Crippen molar-refractivity contribution in [1.82, 2.24) is 0 Å². The summed E-state index contributed by atoms with van der Waals surface area (Å²) in [6.07, 6.45) is 4.61. The van der Waals surface area contributed by atoms with E-state index in [0.717, 1.165) is 6.08 Å². The lowest BCUT2D eigenvalue weighted by molar-refractivity contribution is -0.152. The third-order valence-electron chi connectivity index (χ3n) is 2.27. The molecule has 0 aliphatic carbocycles. The molecule has 5 heteroatoms. The van der Waals surface area contributed by atoms with E-state index >= 15 is 0 Å². The molecule has 0 saturated carbocycles. The smallest absolute Gasteiger partial charge is 0.330 e. The van der Waals surface area contributed by atoms with Crippen LogP contribution in [0.3, 0.4) is 0 Å². The van der Waals surface area contributed by atoms with E-state index in [1.807, 2.05) is 0 Å². The Bertz CT molecular complexity index is 372. The predicted octanol–water partition coefficient (Wildman–Crippen LogP) is 1.16. The Kier molecular flexibility index (Phi) is 5.32. The zero-order valence-electron chi connectivity index (χ0n) is 10.2. The fraction of sp³-hybridized carbons (Fsp3) is 0.385. The highest BCUT2D eigenvalue weighted by Gasteiger charge is 2.27. The Morgan fingerprint density at radius 3 is 2.67 bits per heavy atom. The first-order chi connectivity index (χ1) is 8.56. The monoisotopic (exact) mass is 252 g/mol. The second kappa shape index (κ2) is 6.76. The molecule has 1 aliphatic rings. The van der Waals surface area contributed by atoms with E-state index in [1.165, 1.54) is 13.0 Å². The van der Waals surface area contributed by atoms with E-state index in [4.69, 9.17) is 14.2 Å². The largest absolute Gasteiger partial charge is 0.463 e. The van der Waals surface area contributed by atoms with Crippen LogP contribution in [0.1, 0.15) is 6.92 Å². The molecule has 0 bridgehead atoms. The van der Waals surface area contributed by atoms with Crippen molar-refractivity contribution in [1.29, 1.82) is 0 Å². The molecule has 0 aromatic heterocycles. The Morgan fingerprint density at radius 2 is 2.11 bits per heavy atom. The first kappa shape index (κ1) is 14.2. The summed E-state index contributed by atoms with van der Waals surface area (Å²) in [5, 5.41) is 0. The molecule has 0 saturated heterocycles. The van der Waals surface area contributed by atoms with Gasteiger partial charge in [-0.25, -0.2) is 4.79 Å². The molecule has 0 aromatic rings. The SMILES string of the molecule is C=CC(=O)O[C@@H]1C=C[C@@H](COC(C)=O)O[C@@H]1C=C. The van der Waals surface area contributed by atoms with E-state index in [0.29, 0.717) is 0 Å². The van der Waals surface area contributed by atoms with Gasteiger partial charge >= 0.3 is 11.9 Å². The average molecular weight is 252 g/mol. The standard InChI is InChI=1S/C13H16O5/c1-4-11-12(18-13(15)5-2)7-6-10(17-11)8-16-9(3)14/h4-7,10-12H,1-2,8H2,3H3/t10-,11+,12+/m0/s1. The van der Waals surface area contributed by atoms with Crippen LogP contribution >= 0.6 is 0 Å². The first-order valence-electron chi connectivity index (χ1n) is 5.49. The van der Waals surface area contributed by atoms with Crippen LogP contribution in [0.4, 0.5) is 0 Å². The minimum Gasteiger partial charge on any atom is -0.463 e. The Morgan fingerprint density at radius 1 is 1.39 bits per heavy atom. The lowest BCUT2D eigenvalue weighted by Gasteiger charge is -2.29. The lowest BCUT2D eigenvalue weighted by Crippen LogP contribution is -2.38. The van der Waals surface area contributed by atoms with Crippen LogP contribution in [-0.4, -0.2) is 36.9 Å². The molecule has 1 aliphatic heterocycles. The number of hydrogen-bond donors (Lipinski definition) is 0. The van der Waals surface area contributed by atoms with Crippen molar-refractivity contribution >= 4 is 11.9 Å². The molecular weight excluding hydrogens is 236 g/mol. The van der Waals surface area contributed by atoms with Crippen LogP contribution in [0.15, 0.2) is 37.5 Å². The molecule has 0 unspecified atom stereocenters. The van der Waals surface area contributed by atoms with Gasteiger partial charge in [-0.3, -0.25) is 4.79 Å². The van der Waals surface area contributed by atoms with E-state index in [9.17, 15) is 9.59 Å². The average Bonchev–Trinajstić information content (AvgIpc) is 2.37. The fourth-order valence-electron chi connectivity index (χ4n) is 1.44. The highest BCUT2D eigenvalue weighted by Crippen LogP contribution is 2.17. The van der Waals surface area contributed by atoms with E-state index < -0.39 is 18.2 Å². The van der Waals surface area contributed by atoms with Crippen LogP contribution in [-0.2, 0) is 23.8 Å². The predicted molar refractivity (Wildman–Crippen MR) is 64.7 cm³/mol. The zero-order chi connectivity index (χ0) is 13.5. The maximum absolute atomic E-state index is 11.1. The van der Waals surface area contributed by atoms with Crippen molar-refractivity contribution in [2.75, 3.05) is 6.61 Å². The van der Waals surface area contributed by atoms with Crippen LogP contribution in [0.25, 0.3) is 0 Å². The summed E-state index contributed by atoms with van der Waals surface area (Å²) in [5.41, 5.74) is 0. The minimum absolute atomic E-state index is 0.123. The molecule has 1 rings (SSSR count). The summed E-state index contributed by atoms with van der Waals surface area (Å²) in [4.78, 5) is 21.8. The van der Waals surface area contributed by atoms with Gasteiger partial charge in [0.15, 0.2) is 6.10 Å². The number of carbonyl (C=O) groups is 2. The maximum Gasteiger partial charge on any atom is 0.330 e. The van der Waals surface area contributed by atoms with E-state index in [2.05, 4.69) is 13.2 Å². The molecule has 5 nitrogen and oxygen atoms in total. The van der Waals surface area contributed by atoms with Crippen molar-refractivity contribution in [3.8, 4) is 0 Å². The number of carbonyl (C=O) groups excluding carboxylic acids is 2. The lowest BCUT2D eigenvalue weighted by atomic mass is 10.1. The molecule has 0 aromatic carbocycles. The summed E-state index contributed by atoms with van der Waals surface area (Å²) in [6.45, 7) is 8.38. The molecule has 3 atom stereocenters. The molecule has 0 amide bonds. The van der Waals surface area contributed by atoms with E-state index in [1.54, 1.807) is 12.2 Å². The topological polar surface area (TPSA) is 61.8 Å². The number of rotatable bonds is 5. The summed E-state index contributed by atoms with van der Waals surface area (Å²) >= 11 is 0. The molecule has 0 spiro atoms. The van der Waals surface area contributed by atoms with Gasteiger partial charge in [-0.2, -0.15) is 0 Å². The zero-order valence-corrected chi connectivity index (χ0v) is 10.2. The van der Waals surface area contributed by atoms with Crippen LogP contribution < -0.4 is 0 Å². The van der Waals surface area contributed by atoms with Gasteiger partial charge in [0.2, 0.25) is 0 Å². The maximum atomic E-state index is 11.1. The summed E-state index contributed by atoms with van der Waals surface area (Å²) < 4.78 is 15.5. The Labute approximate surface area is 106 Å². The van der Waals surface area contributed by atoms with Gasteiger partial charge < -0.3 is 14.2 Å². The van der Waals surface area contributed by atoms with Crippen LogP contribution in [0.2, 0.25) is 0 Å². The second-order valence-corrected chi connectivity index (χ2v) is 3.67. The van der Waals surface area contributed by atoms with Crippen molar-refractivity contribution in [3.63, 3.8) is 0 Å². The highest BCUT2D eigenvalue weighted by atomic mass is 16.6. The number of ether oxygens (including phenoxy) is 3. The van der Waals surface area contributed by atoms with Crippen molar-refractivity contribution < 1.29 is 23.8 Å². The highest BCUT2D eigenvalue weighted by molar-refractivity contribution is 5.81. The van der Waals surface area contributed by atoms with Crippen LogP contribution in [0.5, 0.6) is 0 Å². The quantitative estimate of drug-likeness (QED) is 0.417. The Hall–Kier alpha value is -1.88. The van der Waals surface area contributed by atoms with Crippen molar-refractivity contribution in [2.45, 2.75) is 25.2 Å². The summed E-state index contributed by atoms with van der Waals surface area (Å²) in [5.74, 6) is -0.902. The second-order valence-electron chi connectivity index (χ2n) is 3.67. The van der Waals surface area contributed by atoms with Crippen molar-refractivity contribution in [3.05, 3.63) is 37.5 Å². The van der Waals surface area contributed by atoms with Crippen LogP contribution in [0, 0.1) is 0 Å². The van der Waals surface area contributed by atoms with Gasteiger partial charge in [-0.1, -0.05) is 18.7 Å². The van der Waals surface area contributed by atoms with Crippen molar-refractivity contribution in [2.24, 2.45) is 0 Å². The normalized spacial score (nSPS) is 26.2. The number of hydrogen-bond acceptors (Lipinski definition) is 5. The van der Waals surface area contributed by atoms with Gasteiger partial charge in [-0.15, -0.1) is 6.58 Å². The fourth-order valence-corrected chi connectivity index (χ4v) is 1.44. The van der Waals surface area contributed by atoms with Gasteiger partial charge in [0, 0.05) is 13.0 Å². The third-order valence-corrected chi connectivity index (χ3v) is 2.27. The molecular formula is C13H16O5. The summed E-state index contributed by atoms with van der Waals surface area (Å²) in [7, 11) is 0. The third kappa shape index (κ3) is 4.18. The molecule has 98 valence electrons. The van der Waals surface area contributed by atoms with Gasteiger partial charge in [0.05, 0.1) is 0 Å². The number of esters is 2.